The largest absolute Gasteiger partial charge is 0.421 e. The van der Waals surface area contributed by atoms with E-state index < -0.39 is 24.7 Å². The Balaban J connectivity index is 2.83. The molecule has 1 unspecified atom stereocenters. The minimum Gasteiger partial charge on any atom is -0.390 e. The Morgan fingerprint density at radius 1 is 1.54 bits per heavy atom. The molecule has 7 heteroatoms. The van der Waals surface area contributed by atoms with Gasteiger partial charge in [0.05, 0.1) is 18.5 Å². The number of imidazole rings is 1. The molecule has 0 aliphatic rings. The number of halogens is 3. The third-order valence-electron chi connectivity index (χ3n) is 1.39. The van der Waals surface area contributed by atoms with Crippen LogP contribution in [-0.2, 0) is 6.61 Å². The van der Waals surface area contributed by atoms with Crippen molar-refractivity contribution in [3.05, 3.63) is 17.7 Å². The standard InChI is InChI=1S/C6H7F3N2O2/c7-6(8,9)4(13)5-10-1-3(2-12)11-5/h1,4,12-13H,2H2,(H,10,11). The molecule has 0 aromatic carbocycles. The number of alkyl halides is 3. The summed E-state index contributed by atoms with van der Waals surface area (Å²) in [5.74, 6) is -0.614. The number of aliphatic hydroxyl groups excluding tert-OH is 2. The monoisotopic (exact) mass is 196 g/mol. The van der Waals surface area contributed by atoms with Crippen molar-refractivity contribution in [3.63, 3.8) is 0 Å². The van der Waals surface area contributed by atoms with Crippen LogP contribution in [0.15, 0.2) is 6.20 Å². The zero-order valence-corrected chi connectivity index (χ0v) is 6.34. The molecule has 1 aromatic rings. The van der Waals surface area contributed by atoms with E-state index in [1.807, 2.05) is 0 Å². The molecule has 1 aromatic heterocycles. The highest BCUT2D eigenvalue weighted by Crippen LogP contribution is 2.30. The van der Waals surface area contributed by atoms with E-state index in [1.54, 1.807) is 0 Å². The normalized spacial score (nSPS) is 14.5. The molecule has 0 fully saturated rings. The van der Waals surface area contributed by atoms with Gasteiger partial charge in [-0.25, -0.2) is 4.98 Å². The van der Waals surface area contributed by atoms with Crippen molar-refractivity contribution < 1.29 is 23.4 Å². The molecular formula is C6H7F3N2O2. The molecule has 0 bridgehead atoms. The number of nitrogens with zero attached hydrogens (tertiary/aromatic N) is 1. The van der Waals surface area contributed by atoms with Crippen molar-refractivity contribution >= 4 is 0 Å². The maximum Gasteiger partial charge on any atom is 0.421 e. The van der Waals surface area contributed by atoms with Crippen LogP contribution in [0.2, 0.25) is 0 Å². The number of aromatic nitrogens is 2. The van der Waals surface area contributed by atoms with Crippen LogP contribution >= 0.6 is 0 Å². The second-order valence-corrected chi connectivity index (χ2v) is 2.40. The quantitative estimate of drug-likeness (QED) is 0.645. The first-order valence-electron chi connectivity index (χ1n) is 3.34. The predicted octanol–water partition coefficient (Wildman–Crippen LogP) is 0.498. The predicted molar refractivity (Wildman–Crippen MR) is 35.5 cm³/mol. The summed E-state index contributed by atoms with van der Waals surface area (Å²) in [5, 5.41) is 17.2. The first kappa shape index (κ1) is 10.0. The van der Waals surface area contributed by atoms with Gasteiger partial charge in [0.2, 0.25) is 6.10 Å². The van der Waals surface area contributed by atoms with Gasteiger partial charge in [0, 0.05) is 0 Å². The molecule has 3 N–H and O–H groups in total. The van der Waals surface area contributed by atoms with Crippen LogP contribution in [0.4, 0.5) is 13.2 Å². The first-order chi connectivity index (χ1) is 5.95. The number of nitrogens with one attached hydrogen (secondary N) is 1. The summed E-state index contributed by atoms with van der Waals surface area (Å²) < 4.78 is 35.6. The first-order valence-corrected chi connectivity index (χ1v) is 3.34. The molecule has 0 spiro atoms. The second-order valence-electron chi connectivity index (χ2n) is 2.40. The molecule has 74 valence electrons. The fourth-order valence-electron chi connectivity index (χ4n) is 0.751. The maximum atomic E-state index is 11.9. The lowest BCUT2D eigenvalue weighted by molar-refractivity contribution is -0.209. The van der Waals surface area contributed by atoms with Crippen LogP contribution in [0.5, 0.6) is 0 Å². The van der Waals surface area contributed by atoms with E-state index >= 15 is 0 Å². The summed E-state index contributed by atoms with van der Waals surface area (Å²) in [7, 11) is 0. The minimum atomic E-state index is -4.75. The van der Waals surface area contributed by atoms with Gasteiger partial charge in [0.25, 0.3) is 0 Å². The van der Waals surface area contributed by atoms with Crippen molar-refractivity contribution in [2.45, 2.75) is 18.9 Å². The fourth-order valence-corrected chi connectivity index (χ4v) is 0.751. The van der Waals surface area contributed by atoms with Crippen molar-refractivity contribution in [2.24, 2.45) is 0 Å². The summed E-state index contributed by atoms with van der Waals surface area (Å²) in [6, 6.07) is 0. The number of hydrogen-bond donors (Lipinski definition) is 3. The third-order valence-corrected chi connectivity index (χ3v) is 1.39. The van der Waals surface area contributed by atoms with Gasteiger partial charge in [-0.15, -0.1) is 0 Å². The lowest BCUT2D eigenvalue weighted by atomic mass is 10.3. The Kier molecular flexibility index (Phi) is 2.58. The summed E-state index contributed by atoms with van der Waals surface area (Å²) in [6.07, 6.45) is -6.35. The van der Waals surface area contributed by atoms with Gasteiger partial charge in [0.1, 0.15) is 5.82 Å². The van der Waals surface area contributed by atoms with E-state index in [9.17, 15) is 13.2 Å². The van der Waals surface area contributed by atoms with Crippen molar-refractivity contribution in [1.29, 1.82) is 0 Å². The molecular weight excluding hydrogens is 189 g/mol. The number of aromatic amines is 1. The molecule has 13 heavy (non-hydrogen) atoms. The zero-order chi connectivity index (χ0) is 10.1. The highest BCUT2D eigenvalue weighted by Gasteiger charge is 2.41. The number of rotatable bonds is 2. The Morgan fingerprint density at radius 3 is 2.54 bits per heavy atom. The molecule has 4 nitrogen and oxygen atoms in total. The molecule has 0 aliphatic heterocycles. The Bertz CT molecular complexity index is 284. The SMILES string of the molecule is OCc1cnc(C(O)C(F)(F)F)[nH]1. The van der Waals surface area contributed by atoms with E-state index in [0.29, 0.717) is 0 Å². The van der Waals surface area contributed by atoms with Crippen LogP contribution in [0.3, 0.4) is 0 Å². The molecule has 0 saturated carbocycles. The van der Waals surface area contributed by atoms with Crippen molar-refractivity contribution in [2.75, 3.05) is 0 Å². The van der Waals surface area contributed by atoms with E-state index in [-0.39, 0.29) is 5.69 Å². The van der Waals surface area contributed by atoms with Gasteiger partial charge in [-0.1, -0.05) is 0 Å². The fraction of sp³-hybridized carbons (Fsp3) is 0.500. The zero-order valence-electron chi connectivity index (χ0n) is 6.34. The topological polar surface area (TPSA) is 69.1 Å². The molecule has 1 heterocycles. The van der Waals surface area contributed by atoms with Gasteiger partial charge in [-0.3, -0.25) is 0 Å². The van der Waals surface area contributed by atoms with Crippen LogP contribution in [-0.4, -0.2) is 26.4 Å². The summed E-state index contributed by atoms with van der Waals surface area (Å²) in [6.45, 7) is -0.447. The molecule has 0 radical (unpaired) electrons. The number of H-pyrrole nitrogens is 1. The van der Waals surface area contributed by atoms with Gasteiger partial charge >= 0.3 is 6.18 Å². The Morgan fingerprint density at radius 2 is 2.15 bits per heavy atom. The molecule has 1 rings (SSSR count). The Labute approximate surface area is 71.0 Å². The molecule has 1 atom stereocenters. The van der Waals surface area contributed by atoms with Gasteiger partial charge in [-0.05, 0) is 0 Å². The van der Waals surface area contributed by atoms with Crippen LogP contribution in [0.25, 0.3) is 0 Å². The lowest BCUT2D eigenvalue weighted by Crippen LogP contribution is -2.21. The molecule has 0 amide bonds. The maximum absolute atomic E-state index is 11.9. The average Bonchev–Trinajstić information content (AvgIpc) is 2.48. The Hall–Kier alpha value is -1.08. The van der Waals surface area contributed by atoms with Crippen molar-refractivity contribution in [1.82, 2.24) is 9.97 Å². The lowest BCUT2D eigenvalue weighted by Gasteiger charge is -2.11. The number of aliphatic hydroxyl groups is 2. The van der Waals surface area contributed by atoms with Gasteiger partial charge in [-0.2, -0.15) is 13.2 Å². The van der Waals surface area contributed by atoms with E-state index in [1.165, 1.54) is 0 Å². The van der Waals surface area contributed by atoms with Crippen LogP contribution in [0, 0.1) is 0 Å². The third kappa shape index (κ3) is 2.19. The highest BCUT2D eigenvalue weighted by molar-refractivity contribution is 5.03. The number of hydrogen-bond acceptors (Lipinski definition) is 3. The highest BCUT2D eigenvalue weighted by atomic mass is 19.4. The van der Waals surface area contributed by atoms with Gasteiger partial charge < -0.3 is 15.2 Å². The minimum absolute atomic E-state index is 0.123. The summed E-state index contributed by atoms with van der Waals surface area (Å²) >= 11 is 0. The van der Waals surface area contributed by atoms with E-state index in [4.69, 9.17) is 10.2 Å². The second kappa shape index (κ2) is 3.35. The van der Waals surface area contributed by atoms with Crippen LogP contribution in [0.1, 0.15) is 17.6 Å². The summed E-state index contributed by atoms with van der Waals surface area (Å²) in [4.78, 5) is 5.41. The van der Waals surface area contributed by atoms with Gasteiger partial charge in [0.15, 0.2) is 0 Å². The summed E-state index contributed by atoms with van der Waals surface area (Å²) in [5.41, 5.74) is 0.123. The van der Waals surface area contributed by atoms with E-state index in [2.05, 4.69) is 9.97 Å². The smallest absolute Gasteiger partial charge is 0.390 e. The molecule has 0 saturated heterocycles. The molecule has 0 aliphatic carbocycles. The van der Waals surface area contributed by atoms with Crippen LogP contribution < -0.4 is 0 Å². The van der Waals surface area contributed by atoms with Crippen molar-refractivity contribution in [3.8, 4) is 0 Å². The average molecular weight is 196 g/mol. The van der Waals surface area contributed by atoms with E-state index in [0.717, 1.165) is 6.20 Å².